The quantitative estimate of drug-likeness (QED) is 0.726. The third kappa shape index (κ3) is 5.19. The van der Waals surface area contributed by atoms with Gasteiger partial charge < -0.3 is 10.2 Å². The maximum Gasteiger partial charge on any atom is 0.259 e. The molecular formula is C21H24F2N4O3S. The number of hydrogen-bond acceptors (Lipinski definition) is 5. The Morgan fingerprint density at radius 1 is 1.19 bits per heavy atom. The lowest BCUT2D eigenvalue weighted by Crippen LogP contribution is -2.29. The Kier molecular flexibility index (Phi) is 5.69. The number of nitrogens with zero attached hydrogens (tertiary/aromatic N) is 2. The van der Waals surface area contributed by atoms with Crippen LogP contribution in [-0.4, -0.2) is 38.3 Å². The molecule has 0 atom stereocenters. The fourth-order valence-electron chi connectivity index (χ4n) is 3.76. The predicted octanol–water partition coefficient (Wildman–Crippen LogP) is 3.48. The van der Waals surface area contributed by atoms with E-state index in [1.807, 2.05) is 0 Å². The summed E-state index contributed by atoms with van der Waals surface area (Å²) in [5.41, 5.74) is 1.49. The van der Waals surface area contributed by atoms with Crippen LogP contribution in [0.15, 0.2) is 41.4 Å². The van der Waals surface area contributed by atoms with E-state index in [9.17, 15) is 22.0 Å². The van der Waals surface area contributed by atoms with Crippen molar-refractivity contribution in [3.8, 4) is 0 Å². The zero-order valence-electron chi connectivity index (χ0n) is 16.9. The molecule has 1 aliphatic carbocycles. The molecule has 2 aliphatic rings. The first-order valence-electron chi connectivity index (χ1n) is 10.2. The number of pyridine rings is 1. The van der Waals surface area contributed by atoms with E-state index in [1.54, 1.807) is 23.2 Å². The van der Waals surface area contributed by atoms with Gasteiger partial charge in [-0.15, -0.1) is 0 Å². The van der Waals surface area contributed by atoms with Crippen molar-refractivity contribution in [3.63, 3.8) is 0 Å². The van der Waals surface area contributed by atoms with E-state index >= 15 is 0 Å². The number of rotatable bonds is 5. The fourth-order valence-corrected chi connectivity index (χ4v) is 4.32. The molecule has 31 heavy (non-hydrogen) atoms. The van der Waals surface area contributed by atoms with E-state index in [4.69, 9.17) is 5.14 Å². The highest BCUT2D eigenvalue weighted by molar-refractivity contribution is 7.89. The van der Waals surface area contributed by atoms with Crippen LogP contribution in [0.5, 0.6) is 0 Å². The van der Waals surface area contributed by atoms with Crippen LogP contribution in [0.2, 0.25) is 0 Å². The fraction of sp³-hybridized carbons (Fsp3) is 0.429. The Bertz CT molecular complexity index is 1100. The van der Waals surface area contributed by atoms with Crippen LogP contribution >= 0.6 is 0 Å². The summed E-state index contributed by atoms with van der Waals surface area (Å²) in [6, 6.07) is 7.41. The minimum atomic E-state index is -3.92. The highest BCUT2D eigenvalue weighted by atomic mass is 32.2. The predicted molar refractivity (Wildman–Crippen MR) is 113 cm³/mol. The lowest BCUT2D eigenvalue weighted by Gasteiger charge is -2.24. The smallest absolute Gasteiger partial charge is 0.259 e. The average Bonchev–Trinajstić information content (AvgIpc) is 3.55. The van der Waals surface area contributed by atoms with Crippen LogP contribution in [-0.2, 0) is 10.0 Å². The van der Waals surface area contributed by atoms with Gasteiger partial charge in [0.05, 0.1) is 10.5 Å². The van der Waals surface area contributed by atoms with E-state index in [2.05, 4.69) is 10.3 Å². The van der Waals surface area contributed by atoms with Crippen molar-refractivity contribution in [3.05, 3.63) is 47.7 Å². The third-order valence-corrected chi connectivity index (χ3v) is 6.53. The zero-order valence-corrected chi connectivity index (χ0v) is 17.7. The molecule has 1 aliphatic heterocycles. The number of hydrogen-bond donors (Lipinski definition) is 2. The summed E-state index contributed by atoms with van der Waals surface area (Å²) in [4.78, 5) is 19.2. The molecular weight excluding hydrogens is 426 g/mol. The number of anilines is 2. The van der Waals surface area contributed by atoms with Gasteiger partial charge in [-0.2, -0.15) is 0 Å². The number of amides is 1. The van der Waals surface area contributed by atoms with Gasteiger partial charge in [0.2, 0.25) is 15.9 Å². The molecule has 2 heterocycles. The second-order valence-electron chi connectivity index (χ2n) is 8.14. The van der Waals surface area contributed by atoms with Crippen molar-refractivity contribution in [2.45, 2.75) is 48.8 Å². The number of alkyl halides is 2. The number of benzene rings is 1. The second-order valence-corrected chi connectivity index (χ2v) is 9.70. The zero-order chi connectivity index (χ0) is 22.2. The number of sulfonamides is 1. The van der Waals surface area contributed by atoms with Gasteiger partial charge in [0.25, 0.3) is 5.91 Å². The molecule has 4 rings (SSSR count). The summed E-state index contributed by atoms with van der Waals surface area (Å²) in [5, 5.41) is 7.86. The van der Waals surface area contributed by atoms with E-state index in [-0.39, 0.29) is 35.5 Å². The summed E-state index contributed by atoms with van der Waals surface area (Å²) < 4.78 is 50.9. The van der Waals surface area contributed by atoms with Gasteiger partial charge in [-0.1, -0.05) is 6.07 Å². The summed E-state index contributed by atoms with van der Waals surface area (Å²) >= 11 is 0. The number of nitrogens with two attached hydrogens (primary N) is 1. The summed E-state index contributed by atoms with van der Waals surface area (Å²) in [6.45, 7) is 0.483. The molecule has 10 heteroatoms. The first kappa shape index (κ1) is 21.6. The SMILES string of the molecule is NS(=O)(=O)c1cccc(NC(=O)c2cc(C3CC3)cnc2N2CCCC(F)(F)CC2)c1. The molecule has 0 spiro atoms. The second kappa shape index (κ2) is 8.16. The standard InChI is InChI=1S/C21H24F2N4O3S/c22-21(23)7-2-9-27(10-8-21)19-18(11-15(13-25-19)14-5-6-14)20(28)26-16-3-1-4-17(12-16)31(24,29)30/h1,3-4,11-14H,2,5-10H2,(H,26,28)(H2,24,29,30). The van der Waals surface area contributed by atoms with Crippen LogP contribution < -0.4 is 15.4 Å². The Labute approximate surface area is 179 Å². The summed E-state index contributed by atoms with van der Waals surface area (Å²) in [6.07, 6.45) is 3.58. The van der Waals surface area contributed by atoms with Crippen molar-refractivity contribution < 1.29 is 22.0 Å². The summed E-state index contributed by atoms with van der Waals surface area (Å²) in [5.74, 6) is -2.48. The van der Waals surface area contributed by atoms with Gasteiger partial charge in [0.1, 0.15) is 5.82 Å². The molecule has 2 fully saturated rings. The monoisotopic (exact) mass is 450 g/mol. The van der Waals surface area contributed by atoms with Crippen LogP contribution in [0.25, 0.3) is 0 Å². The van der Waals surface area contributed by atoms with Crippen molar-refractivity contribution in [2.24, 2.45) is 5.14 Å². The van der Waals surface area contributed by atoms with E-state index in [1.165, 1.54) is 18.2 Å². The van der Waals surface area contributed by atoms with Gasteiger partial charge in [0, 0.05) is 37.8 Å². The van der Waals surface area contributed by atoms with Gasteiger partial charge in [-0.05, 0) is 55.0 Å². The number of halogens is 2. The van der Waals surface area contributed by atoms with Crippen LogP contribution in [0.4, 0.5) is 20.3 Å². The molecule has 0 bridgehead atoms. The molecule has 1 aromatic carbocycles. The largest absolute Gasteiger partial charge is 0.356 e. The van der Waals surface area contributed by atoms with Crippen molar-refractivity contribution in [1.82, 2.24) is 4.98 Å². The van der Waals surface area contributed by atoms with E-state index in [0.29, 0.717) is 24.7 Å². The topological polar surface area (TPSA) is 105 Å². The van der Waals surface area contributed by atoms with Gasteiger partial charge in [-0.25, -0.2) is 27.3 Å². The Hall–Kier alpha value is -2.59. The minimum absolute atomic E-state index is 0.101. The maximum atomic E-state index is 13.8. The van der Waals surface area contributed by atoms with Crippen LogP contribution in [0, 0.1) is 0 Å². The third-order valence-electron chi connectivity index (χ3n) is 5.62. The highest BCUT2D eigenvalue weighted by Gasteiger charge is 2.33. The molecule has 2 aromatic rings. The first-order chi connectivity index (χ1) is 14.6. The average molecular weight is 451 g/mol. The molecule has 0 unspecified atom stereocenters. The molecule has 3 N–H and O–H groups in total. The van der Waals surface area contributed by atoms with Gasteiger partial charge in [-0.3, -0.25) is 4.79 Å². The normalized spacial score (nSPS) is 19.0. The van der Waals surface area contributed by atoms with Crippen molar-refractivity contribution in [1.29, 1.82) is 0 Å². The molecule has 1 amide bonds. The molecule has 1 saturated carbocycles. The highest BCUT2D eigenvalue weighted by Crippen LogP contribution is 2.41. The minimum Gasteiger partial charge on any atom is -0.356 e. The Morgan fingerprint density at radius 2 is 1.97 bits per heavy atom. The van der Waals surface area contributed by atoms with Crippen molar-refractivity contribution >= 4 is 27.4 Å². The molecule has 166 valence electrons. The first-order valence-corrected chi connectivity index (χ1v) is 11.7. The molecule has 1 saturated heterocycles. The molecule has 1 aromatic heterocycles. The summed E-state index contributed by atoms with van der Waals surface area (Å²) in [7, 11) is -3.92. The maximum absolute atomic E-state index is 13.8. The number of carbonyl (C=O) groups is 1. The lowest BCUT2D eigenvalue weighted by atomic mass is 10.1. The van der Waals surface area contributed by atoms with E-state index in [0.717, 1.165) is 18.4 Å². The van der Waals surface area contributed by atoms with Gasteiger partial charge >= 0.3 is 0 Å². The van der Waals surface area contributed by atoms with Crippen molar-refractivity contribution in [2.75, 3.05) is 23.3 Å². The van der Waals surface area contributed by atoms with Crippen LogP contribution in [0.1, 0.15) is 53.9 Å². The Balaban J connectivity index is 1.64. The van der Waals surface area contributed by atoms with Crippen LogP contribution in [0.3, 0.4) is 0 Å². The molecule has 7 nitrogen and oxygen atoms in total. The Morgan fingerprint density at radius 3 is 2.68 bits per heavy atom. The van der Waals surface area contributed by atoms with E-state index < -0.39 is 21.9 Å². The number of aromatic nitrogens is 1. The number of primary sulfonamides is 1. The number of carbonyl (C=O) groups excluding carboxylic acids is 1. The number of nitrogens with one attached hydrogen (secondary N) is 1. The lowest BCUT2D eigenvalue weighted by molar-refractivity contribution is -0.0102. The van der Waals surface area contributed by atoms with Gasteiger partial charge in [0.15, 0.2) is 0 Å². The molecule has 0 radical (unpaired) electrons.